The van der Waals surface area contributed by atoms with E-state index in [0.29, 0.717) is 23.6 Å². The number of alkyl halides is 3. The van der Waals surface area contributed by atoms with Crippen LogP contribution in [0.25, 0.3) is 0 Å². The highest BCUT2D eigenvalue weighted by Crippen LogP contribution is 2.20. The molecule has 0 saturated carbocycles. The van der Waals surface area contributed by atoms with Gasteiger partial charge in [-0.25, -0.2) is 4.79 Å². The van der Waals surface area contributed by atoms with Crippen molar-refractivity contribution in [3.63, 3.8) is 0 Å². The summed E-state index contributed by atoms with van der Waals surface area (Å²) >= 11 is 1.11. The Balaban J connectivity index is 1.72. The number of halogens is 3. The second kappa shape index (κ2) is 14.7. The van der Waals surface area contributed by atoms with Crippen LogP contribution >= 0.6 is 11.8 Å². The Morgan fingerprint density at radius 1 is 0.875 bits per heavy atom. The first kappa shape index (κ1) is 31.0. The van der Waals surface area contributed by atoms with Crippen LogP contribution in [0.15, 0.2) is 60.7 Å². The summed E-state index contributed by atoms with van der Waals surface area (Å²) in [5, 5.41) is 2.77. The molecule has 0 radical (unpaired) electrons. The zero-order chi connectivity index (χ0) is 29.1. The molecule has 1 aliphatic heterocycles. The number of thioether (sulfide) groups is 1. The molecule has 0 unspecified atom stereocenters. The van der Waals surface area contributed by atoms with Crippen molar-refractivity contribution >= 4 is 34.7 Å². The van der Waals surface area contributed by atoms with E-state index < -0.39 is 30.1 Å². The minimum Gasteiger partial charge on any atom is -0.337 e. The number of rotatable bonds is 10. The maximum absolute atomic E-state index is 13.5. The zero-order valence-electron chi connectivity index (χ0n) is 22.2. The lowest BCUT2D eigenvalue weighted by Crippen LogP contribution is -2.59. The first-order valence-corrected chi connectivity index (χ1v) is 13.9. The number of amides is 4. The molecule has 40 heavy (non-hydrogen) atoms. The number of carbonyl (C=O) groups is 4. The van der Waals surface area contributed by atoms with Gasteiger partial charge in [-0.1, -0.05) is 72.4 Å². The average Bonchev–Trinajstić information content (AvgIpc) is 2.94. The van der Waals surface area contributed by atoms with Crippen molar-refractivity contribution in [3.8, 4) is 0 Å². The molecule has 4 amide bonds. The SMILES string of the molecule is CC(=O)SCCN(CCc1ccccc1)C(=O)N[C@@H](Cc1ccccc1)C(=O)N1CCN(C(=O)C(F)(F)F)CC1. The highest BCUT2D eigenvalue weighted by atomic mass is 32.2. The van der Waals surface area contributed by atoms with E-state index in [4.69, 9.17) is 0 Å². The third kappa shape index (κ3) is 9.58. The first-order chi connectivity index (χ1) is 19.0. The van der Waals surface area contributed by atoms with Crippen molar-refractivity contribution in [2.24, 2.45) is 0 Å². The van der Waals surface area contributed by atoms with E-state index in [1.165, 1.54) is 11.8 Å². The minimum atomic E-state index is -4.97. The van der Waals surface area contributed by atoms with E-state index in [0.717, 1.165) is 22.9 Å². The van der Waals surface area contributed by atoms with Gasteiger partial charge in [0.1, 0.15) is 6.04 Å². The van der Waals surface area contributed by atoms with E-state index >= 15 is 0 Å². The molecule has 1 aliphatic rings. The van der Waals surface area contributed by atoms with E-state index in [1.54, 1.807) is 4.90 Å². The van der Waals surface area contributed by atoms with Crippen LogP contribution in [0, 0.1) is 0 Å². The number of nitrogens with zero attached hydrogens (tertiary/aromatic N) is 3. The molecule has 8 nitrogen and oxygen atoms in total. The third-order valence-electron chi connectivity index (χ3n) is 6.47. The summed E-state index contributed by atoms with van der Waals surface area (Å²) in [6.45, 7) is 1.45. The molecule has 2 aromatic carbocycles. The van der Waals surface area contributed by atoms with Gasteiger partial charge in [-0.15, -0.1) is 0 Å². The Labute approximate surface area is 235 Å². The maximum Gasteiger partial charge on any atom is 0.471 e. The molecule has 0 bridgehead atoms. The van der Waals surface area contributed by atoms with Crippen molar-refractivity contribution in [1.82, 2.24) is 20.0 Å². The first-order valence-electron chi connectivity index (χ1n) is 13.0. The van der Waals surface area contributed by atoms with Crippen LogP contribution in [0.3, 0.4) is 0 Å². The van der Waals surface area contributed by atoms with E-state index in [-0.39, 0.29) is 44.3 Å². The fourth-order valence-corrected chi connectivity index (χ4v) is 4.94. The smallest absolute Gasteiger partial charge is 0.337 e. The summed E-state index contributed by atoms with van der Waals surface area (Å²) in [6, 6.07) is 17.3. The summed E-state index contributed by atoms with van der Waals surface area (Å²) in [6.07, 6.45) is -4.22. The van der Waals surface area contributed by atoms with Crippen LogP contribution in [-0.4, -0.2) is 94.9 Å². The summed E-state index contributed by atoms with van der Waals surface area (Å²) in [5.41, 5.74) is 1.83. The van der Waals surface area contributed by atoms with E-state index in [1.807, 2.05) is 60.7 Å². The lowest BCUT2D eigenvalue weighted by Gasteiger charge is -2.37. The Kier molecular flexibility index (Phi) is 11.4. The monoisotopic (exact) mass is 578 g/mol. The normalized spacial score (nSPS) is 14.4. The lowest BCUT2D eigenvalue weighted by atomic mass is 10.0. The molecule has 0 spiro atoms. The highest BCUT2D eigenvalue weighted by Gasteiger charge is 2.43. The lowest BCUT2D eigenvalue weighted by molar-refractivity contribution is -0.187. The number of hydrogen-bond acceptors (Lipinski definition) is 5. The van der Waals surface area contributed by atoms with Gasteiger partial charge in [0.15, 0.2) is 5.12 Å². The summed E-state index contributed by atoms with van der Waals surface area (Å²) in [7, 11) is 0. The molecule has 0 aliphatic carbocycles. The van der Waals surface area contributed by atoms with Crippen molar-refractivity contribution < 1.29 is 32.3 Å². The molecule has 216 valence electrons. The Hall–Kier alpha value is -3.54. The van der Waals surface area contributed by atoms with Gasteiger partial charge in [0.2, 0.25) is 5.91 Å². The van der Waals surface area contributed by atoms with Gasteiger partial charge in [-0.05, 0) is 17.5 Å². The molecular formula is C28H33F3N4O4S. The molecule has 2 aromatic rings. The predicted octanol–water partition coefficient (Wildman–Crippen LogP) is 3.36. The molecule has 1 N–H and O–H groups in total. The van der Waals surface area contributed by atoms with Crippen LogP contribution < -0.4 is 5.32 Å². The summed E-state index contributed by atoms with van der Waals surface area (Å²) < 4.78 is 38.5. The number of urea groups is 1. The van der Waals surface area contributed by atoms with Crippen LogP contribution in [0.4, 0.5) is 18.0 Å². The molecular weight excluding hydrogens is 545 g/mol. The molecule has 1 fully saturated rings. The van der Waals surface area contributed by atoms with Crippen LogP contribution in [0.1, 0.15) is 18.1 Å². The third-order valence-corrected chi connectivity index (χ3v) is 7.26. The van der Waals surface area contributed by atoms with Crippen LogP contribution in [0.2, 0.25) is 0 Å². The van der Waals surface area contributed by atoms with Gasteiger partial charge in [-0.2, -0.15) is 13.2 Å². The van der Waals surface area contributed by atoms with Crippen LogP contribution in [-0.2, 0) is 27.2 Å². The highest BCUT2D eigenvalue weighted by molar-refractivity contribution is 8.13. The quantitative estimate of drug-likeness (QED) is 0.467. The van der Waals surface area contributed by atoms with Crippen molar-refractivity contribution in [2.75, 3.05) is 45.0 Å². The van der Waals surface area contributed by atoms with Crippen LogP contribution in [0.5, 0.6) is 0 Å². The van der Waals surface area contributed by atoms with E-state index in [9.17, 15) is 32.3 Å². The fourth-order valence-electron chi connectivity index (χ4n) is 4.34. The van der Waals surface area contributed by atoms with Crippen molar-refractivity contribution in [1.29, 1.82) is 0 Å². The molecule has 3 rings (SSSR count). The topological polar surface area (TPSA) is 90.0 Å². The van der Waals surface area contributed by atoms with Gasteiger partial charge < -0.3 is 20.0 Å². The van der Waals surface area contributed by atoms with Crippen molar-refractivity contribution in [2.45, 2.75) is 32.0 Å². The minimum absolute atomic E-state index is 0.0660. The molecule has 0 aromatic heterocycles. The molecule has 12 heteroatoms. The van der Waals surface area contributed by atoms with Gasteiger partial charge >= 0.3 is 18.1 Å². The summed E-state index contributed by atoms with van der Waals surface area (Å²) in [5.74, 6) is -1.96. The number of nitrogens with one attached hydrogen (secondary N) is 1. The zero-order valence-corrected chi connectivity index (χ0v) is 23.0. The summed E-state index contributed by atoms with van der Waals surface area (Å²) in [4.78, 5) is 53.7. The second-order valence-electron chi connectivity index (χ2n) is 9.37. The largest absolute Gasteiger partial charge is 0.471 e. The number of hydrogen-bond donors (Lipinski definition) is 1. The second-order valence-corrected chi connectivity index (χ2v) is 10.6. The van der Waals surface area contributed by atoms with Gasteiger partial charge in [0.25, 0.3) is 0 Å². The molecule has 1 saturated heterocycles. The number of piperazine rings is 1. The van der Waals surface area contributed by atoms with Gasteiger partial charge in [0, 0.05) is 58.4 Å². The van der Waals surface area contributed by atoms with E-state index in [2.05, 4.69) is 5.32 Å². The fraction of sp³-hybridized carbons (Fsp3) is 0.429. The van der Waals surface area contributed by atoms with Gasteiger partial charge in [0.05, 0.1) is 0 Å². The average molecular weight is 579 g/mol. The Morgan fingerprint density at radius 3 is 1.98 bits per heavy atom. The maximum atomic E-state index is 13.5. The molecule has 1 atom stereocenters. The van der Waals surface area contributed by atoms with Gasteiger partial charge in [-0.3, -0.25) is 14.4 Å². The van der Waals surface area contributed by atoms with Crippen molar-refractivity contribution in [3.05, 3.63) is 71.8 Å². The molecule has 1 heterocycles. The number of carbonyl (C=O) groups excluding carboxylic acids is 4. The predicted molar refractivity (Wildman–Crippen MR) is 147 cm³/mol. The number of benzene rings is 2. The Morgan fingerprint density at radius 2 is 1.43 bits per heavy atom. The standard InChI is InChI=1S/C28H33F3N4O4S/c1-21(36)40-19-18-35(13-12-22-8-4-2-5-9-22)27(39)32-24(20-23-10-6-3-7-11-23)25(37)33-14-16-34(17-15-33)26(38)28(29,30)31/h2-11,24H,12-20H2,1H3,(H,32,39)/t24-/m0/s1. The Bertz CT molecular complexity index is 1140.